The van der Waals surface area contributed by atoms with Crippen molar-refractivity contribution in [1.29, 1.82) is 0 Å². The van der Waals surface area contributed by atoms with E-state index in [1.807, 2.05) is 19.1 Å². The molecule has 170 valence electrons. The summed E-state index contributed by atoms with van der Waals surface area (Å²) >= 11 is 0. The number of pyridine rings is 1. The predicted molar refractivity (Wildman–Crippen MR) is 122 cm³/mol. The summed E-state index contributed by atoms with van der Waals surface area (Å²) in [6.07, 6.45) is 1.04. The molecule has 1 saturated heterocycles. The van der Waals surface area contributed by atoms with E-state index in [2.05, 4.69) is 20.3 Å². The third-order valence-electron chi connectivity index (χ3n) is 6.02. The predicted octanol–water partition coefficient (Wildman–Crippen LogP) is 4.25. The van der Waals surface area contributed by atoms with Crippen molar-refractivity contribution >= 4 is 26.7 Å². The summed E-state index contributed by atoms with van der Waals surface area (Å²) in [5.41, 5.74) is 2.45. The number of aromatic nitrogens is 3. The number of benzene rings is 1. The summed E-state index contributed by atoms with van der Waals surface area (Å²) in [4.78, 5) is 13.6. The number of halogens is 1. The Bertz CT molecular complexity index is 1270. The molecular formula is C23H27FN4O3S. The van der Waals surface area contributed by atoms with E-state index in [9.17, 15) is 12.8 Å². The minimum Gasteiger partial charge on any atom is -0.481 e. The van der Waals surface area contributed by atoms with Crippen LogP contribution < -0.4 is 10.1 Å². The Morgan fingerprint density at radius 2 is 1.88 bits per heavy atom. The average molecular weight is 459 g/mol. The van der Waals surface area contributed by atoms with Gasteiger partial charge in [-0.2, -0.15) is 4.98 Å². The molecule has 32 heavy (non-hydrogen) atoms. The number of hydrogen-bond donors (Lipinski definition) is 1. The van der Waals surface area contributed by atoms with Crippen molar-refractivity contribution in [3.63, 3.8) is 0 Å². The lowest BCUT2D eigenvalue weighted by Crippen LogP contribution is -2.22. The van der Waals surface area contributed by atoms with Gasteiger partial charge in [0.15, 0.2) is 5.65 Å². The maximum atomic E-state index is 14.7. The number of rotatable bonds is 5. The van der Waals surface area contributed by atoms with Crippen LogP contribution in [0.3, 0.4) is 0 Å². The molecular weight excluding hydrogens is 431 g/mol. The number of fused-ring (bicyclic) bond motifs is 1. The molecule has 1 aromatic carbocycles. The molecule has 0 radical (unpaired) electrons. The molecule has 1 aliphatic rings. The van der Waals surface area contributed by atoms with Crippen molar-refractivity contribution in [1.82, 2.24) is 15.0 Å². The zero-order valence-electron chi connectivity index (χ0n) is 18.6. The van der Waals surface area contributed by atoms with E-state index in [0.29, 0.717) is 52.5 Å². The maximum absolute atomic E-state index is 14.7. The third kappa shape index (κ3) is 4.39. The largest absolute Gasteiger partial charge is 0.481 e. The number of nitrogens with zero attached hydrogens (tertiary/aromatic N) is 3. The van der Waals surface area contributed by atoms with Crippen LogP contribution in [0.2, 0.25) is 0 Å². The van der Waals surface area contributed by atoms with E-state index in [1.54, 1.807) is 33.1 Å². The molecule has 3 heterocycles. The lowest BCUT2D eigenvalue weighted by molar-refractivity contribution is 0.387. The number of anilines is 1. The van der Waals surface area contributed by atoms with Crippen LogP contribution in [-0.4, -0.2) is 42.0 Å². The number of sulfone groups is 1. The molecule has 0 spiro atoms. The van der Waals surface area contributed by atoms with Gasteiger partial charge >= 0.3 is 0 Å². The Labute approximate surface area is 187 Å². The number of hydrogen-bond acceptors (Lipinski definition) is 7. The highest BCUT2D eigenvalue weighted by Crippen LogP contribution is 2.37. The Kier molecular flexibility index (Phi) is 6.03. The van der Waals surface area contributed by atoms with E-state index in [1.165, 1.54) is 0 Å². The van der Waals surface area contributed by atoms with Gasteiger partial charge in [0.1, 0.15) is 27.3 Å². The fourth-order valence-electron chi connectivity index (χ4n) is 4.22. The summed E-state index contributed by atoms with van der Waals surface area (Å²) in [5.74, 6) is 1.61. The quantitative estimate of drug-likeness (QED) is 0.611. The van der Waals surface area contributed by atoms with Gasteiger partial charge in [0.2, 0.25) is 5.88 Å². The number of ether oxygens (including phenoxy) is 1. The molecule has 1 fully saturated rings. The molecule has 9 heteroatoms. The highest BCUT2D eigenvalue weighted by molar-refractivity contribution is 7.91. The molecule has 0 aliphatic carbocycles. The molecule has 3 aromatic rings. The van der Waals surface area contributed by atoms with E-state index in [0.717, 1.165) is 5.56 Å². The Hall–Kier alpha value is -2.81. The molecule has 1 atom stereocenters. The second kappa shape index (κ2) is 8.61. The second-order valence-corrected chi connectivity index (χ2v) is 10.7. The average Bonchev–Trinajstić information content (AvgIpc) is 2.74. The van der Waals surface area contributed by atoms with Crippen LogP contribution in [0.5, 0.6) is 5.88 Å². The molecule has 2 aromatic heterocycles. The van der Waals surface area contributed by atoms with Gasteiger partial charge in [-0.1, -0.05) is 18.2 Å². The van der Waals surface area contributed by atoms with Crippen molar-refractivity contribution in [2.24, 2.45) is 0 Å². The van der Waals surface area contributed by atoms with Gasteiger partial charge in [-0.3, -0.25) is 0 Å². The van der Waals surface area contributed by atoms with Gasteiger partial charge in [0.25, 0.3) is 0 Å². The van der Waals surface area contributed by atoms with Gasteiger partial charge in [0, 0.05) is 11.1 Å². The van der Waals surface area contributed by atoms with Gasteiger partial charge in [0.05, 0.1) is 30.0 Å². The molecule has 1 N–H and O–H groups in total. The van der Waals surface area contributed by atoms with Crippen molar-refractivity contribution < 1.29 is 17.5 Å². The summed E-state index contributed by atoms with van der Waals surface area (Å²) in [6.45, 7) is 5.39. The topological polar surface area (TPSA) is 94.1 Å². The Balaban J connectivity index is 1.76. The van der Waals surface area contributed by atoms with E-state index in [4.69, 9.17) is 4.74 Å². The molecule has 0 bridgehead atoms. The first-order valence-electron chi connectivity index (χ1n) is 10.6. The molecule has 1 aliphatic heterocycles. The summed E-state index contributed by atoms with van der Waals surface area (Å²) in [7, 11) is -1.44. The van der Waals surface area contributed by atoms with E-state index >= 15 is 0 Å². The standard InChI is InChI=1S/C23H27FN4O3S/c1-13-6-5-7-17(20(13)24)14(2)25-21-19-12-18(16-8-10-32(29,30)11-9-16)23(31-4)28-22(19)27-15(3)26-21/h5-7,12,14,16H,8-11H2,1-4H3,(H,25,26,27,28)/t14-/m1/s1. The smallest absolute Gasteiger partial charge is 0.218 e. The fourth-order valence-corrected chi connectivity index (χ4v) is 5.71. The van der Waals surface area contributed by atoms with Gasteiger partial charge in [-0.15, -0.1) is 0 Å². The highest BCUT2D eigenvalue weighted by Gasteiger charge is 2.28. The van der Waals surface area contributed by atoms with Crippen LogP contribution in [0.1, 0.15) is 54.2 Å². The number of nitrogens with one attached hydrogen (secondary N) is 1. The van der Waals surface area contributed by atoms with Crippen molar-refractivity contribution in [2.75, 3.05) is 23.9 Å². The lowest BCUT2D eigenvalue weighted by Gasteiger charge is -2.24. The monoisotopic (exact) mass is 458 g/mol. The Morgan fingerprint density at radius 3 is 2.56 bits per heavy atom. The number of methoxy groups -OCH3 is 1. The molecule has 0 amide bonds. The van der Waals surface area contributed by atoms with Crippen LogP contribution >= 0.6 is 0 Å². The Morgan fingerprint density at radius 1 is 1.16 bits per heavy atom. The van der Waals surface area contributed by atoms with Crippen molar-refractivity contribution in [3.05, 3.63) is 52.6 Å². The minimum absolute atomic E-state index is 0.0196. The van der Waals surface area contributed by atoms with Crippen LogP contribution in [0.25, 0.3) is 11.0 Å². The molecule has 0 unspecified atom stereocenters. The zero-order chi connectivity index (χ0) is 23.0. The summed E-state index contributed by atoms with van der Waals surface area (Å²) in [5, 5.41) is 4.02. The van der Waals surface area contributed by atoms with Gasteiger partial charge < -0.3 is 10.1 Å². The van der Waals surface area contributed by atoms with Crippen molar-refractivity contribution in [3.8, 4) is 5.88 Å². The number of aryl methyl sites for hydroxylation is 2. The summed E-state index contributed by atoms with van der Waals surface area (Å²) < 4.78 is 44.0. The first-order chi connectivity index (χ1) is 15.2. The van der Waals surface area contributed by atoms with Crippen LogP contribution in [0.4, 0.5) is 10.2 Å². The first kappa shape index (κ1) is 22.4. The maximum Gasteiger partial charge on any atom is 0.218 e. The SMILES string of the molecule is COc1nc2nc(C)nc(N[C@H](C)c3cccc(C)c3F)c2cc1C1CCS(=O)(=O)CC1. The normalized spacial score (nSPS) is 17.3. The minimum atomic E-state index is -2.99. The van der Waals surface area contributed by atoms with E-state index in [-0.39, 0.29) is 29.3 Å². The fraction of sp³-hybridized carbons (Fsp3) is 0.435. The van der Waals surface area contributed by atoms with Gasteiger partial charge in [-0.05, 0) is 51.2 Å². The van der Waals surface area contributed by atoms with E-state index < -0.39 is 9.84 Å². The lowest BCUT2D eigenvalue weighted by atomic mass is 9.93. The summed E-state index contributed by atoms with van der Waals surface area (Å²) in [6, 6.07) is 6.92. The highest BCUT2D eigenvalue weighted by atomic mass is 32.2. The van der Waals surface area contributed by atoms with Crippen LogP contribution in [0.15, 0.2) is 24.3 Å². The molecule has 0 saturated carbocycles. The molecule has 7 nitrogen and oxygen atoms in total. The third-order valence-corrected chi connectivity index (χ3v) is 7.74. The van der Waals surface area contributed by atoms with Crippen molar-refractivity contribution in [2.45, 2.75) is 45.6 Å². The second-order valence-electron chi connectivity index (χ2n) is 8.35. The van der Waals surface area contributed by atoms with Crippen LogP contribution in [-0.2, 0) is 9.84 Å². The van der Waals surface area contributed by atoms with Gasteiger partial charge in [-0.25, -0.2) is 22.8 Å². The molecule has 4 rings (SSSR count). The van der Waals surface area contributed by atoms with Crippen LogP contribution in [0, 0.1) is 19.7 Å². The zero-order valence-corrected chi connectivity index (χ0v) is 19.5. The first-order valence-corrected chi connectivity index (χ1v) is 12.5.